The molecular weight excluding hydrogens is 446 g/mol. The predicted octanol–water partition coefficient (Wildman–Crippen LogP) is 4.60. The van der Waals surface area contributed by atoms with Gasteiger partial charge in [-0.15, -0.1) is 0 Å². The minimum absolute atomic E-state index is 0.00421. The maximum Gasteiger partial charge on any atom is 0.407 e. The summed E-state index contributed by atoms with van der Waals surface area (Å²) in [5, 5.41) is 6.75. The van der Waals surface area contributed by atoms with E-state index in [0.29, 0.717) is 18.1 Å². The fraction of sp³-hybridized carbons (Fsp3) is 0.222. The van der Waals surface area contributed by atoms with Crippen LogP contribution in [-0.4, -0.2) is 31.9 Å². The molecular formula is C27H29N3O5. The molecule has 1 atom stereocenters. The van der Waals surface area contributed by atoms with E-state index >= 15 is 0 Å². The lowest BCUT2D eigenvalue weighted by atomic mass is 10.0. The summed E-state index contributed by atoms with van der Waals surface area (Å²) in [7, 11) is 1.56. The van der Waals surface area contributed by atoms with Gasteiger partial charge >= 0.3 is 6.09 Å². The van der Waals surface area contributed by atoms with Crippen LogP contribution in [0, 0.1) is 0 Å². The van der Waals surface area contributed by atoms with Crippen molar-refractivity contribution in [3.63, 3.8) is 0 Å². The molecule has 0 heterocycles. The molecule has 0 aliphatic carbocycles. The quantitative estimate of drug-likeness (QED) is 0.312. The number of nitrogens with zero attached hydrogens (tertiary/aromatic N) is 1. The minimum atomic E-state index is -0.584. The van der Waals surface area contributed by atoms with Gasteiger partial charge in [-0.2, -0.15) is 5.10 Å². The first-order valence-electron chi connectivity index (χ1n) is 11.2. The van der Waals surface area contributed by atoms with Gasteiger partial charge in [0.25, 0.3) is 0 Å². The van der Waals surface area contributed by atoms with Crippen LogP contribution in [-0.2, 0) is 16.1 Å². The third-order valence-electron chi connectivity index (χ3n) is 4.99. The van der Waals surface area contributed by atoms with Gasteiger partial charge in [0.15, 0.2) is 11.5 Å². The Morgan fingerprint density at radius 2 is 1.69 bits per heavy atom. The van der Waals surface area contributed by atoms with E-state index in [0.717, 1.165) is 16.7 Å². The van der Waals surface area contributed by atoms with Crippen molar-refractivity contribution in [1.29, 1.82) is 0 Å². The molecule has 182 valence electrons. The van der Waals surface area contributed by atoms with Crippen molar-refractivity contribution in [2.45, 2.75) is 26.0 Å². The number of nitrogens with one attached hydrogen (secondary N) is 2. The van der Waals surface area contributed by atoms with Crippen molar-refractivity contribution in [2.24, 2.45) is 5.10 Å². The number of alkyl carbamates (subject to hydrolysis) is 1. The van der Waals surface area contributed by atoms with Crippen LogP contribution in [0.2, 0.25) is 0 Å². The van der Waals surface area contributed by atoms with Crippen LogP contribution in [0.4, 0.5) is 4.79 Å². The van der Waals surface area contributed by atoms with Crippen LogP contribution in [0.3, 0.4) is 0 Å². The fourth-order valence-corrected chi connectivity index (χ4v) is 3.28. The van der Waals surface area contributed by atoms with Crippen LogP contribution >= 0.6 is 0 Å². The van der Waals surface area contributed by atoms with Crippen molar-refractivity contribution in [3.05, 3.63) is 95.6 Å². The molecule has 3 rings (SSSR count). The summed E-state index contributed by atoms with van der Waals surface area (Å²) in [6, 6.07) is 23.9. The van der Waals surface area contributed by atoms with E-state index in [-0.39, 0.29) is 18.9 Å². The van der Waals surface area contributed by atoms with Crippen molar-refractivity contribution < 1.29 is 23.8 Å². The van der Waals surface area contributed by atoms with Gasteiger partial charge in [-0.1, -0.05) is 60.7 Å². The summed E-state index contributed by atoms with van der Waals surface area (Å²) in [5.41, 5.74) is 5.06. The zero-order valence-electron chi connectivity index (χ0n) is 19.8. The Labute approximate surface area is 204 Å². The highest BCUT2D eigenvalue weighted by Gasteiger charge is 2.18. The fourth-order valence-electron chi connectivity index (χ4n) is 3.28. The number of hydrogen-bond acceptors (Lipinski definition) is 6. The molecule has 3 aromatic rings. The van der Waals surface area contributed by atoms with Crippen molar-refractivity contribution >= 4 is 18.2 Å². The lowest BCUT2D eigenvalue weighted by molar-refractivity contribution is -0.121. The van der Waals surface area contributed by atoms with E-state index in [4.69, 9.17) is 14.2 Å². The second kappa shape index (κ2) is 13.4. The lowest BCUT2D eigenvalue weighted by Crippen LogP contribution is -2.33. The number of benzene rings is 3. The second-order valence-corrected chi connectivity index (χ2v) is 7.51. The highest BCUT2D eigenvalue weighted by Crippen LogP contribution is 2.28. The largest absolute Gasteiger partial charge is 0.493 e. The number of ether oxygens (including phenoxy) is 3. The summed E-state index contributed by atoms with van der Waals surface area (Å²) in [6.45, 7) is 2.38. The SMILES string of the molecule is CCOC(=O)N[C@@H](CC(=O)N/N=C\c1ccc(OCc2ccccc2)c(OC)c1)c1ccccc1. The molecule has 0 aromatic heterocycles. The first kappa shape index (κ1) is 25.3. The molecule has 3 aromatic carbocycles. The smallest absolute Gasteiger partial charge is 0.407 e. The molecule has 0 radical (unpaired) electrons. The second-order valence-electron chi connectivity index (χ2n) is 7.51. The van der Waals surface area contributed by atoms with Crippen molar-refractivity contribution in [2.75, 3.05) is 13.7 Å². The molecule has 0 spiro atoms. The molecule has 8 heteroatoms. The molecule has 0 aliphatic rings. The Balaban J connectivity index is 1.58. The van der Waals surface area contributed by atoms with Gasteiger partial charge in [-0.05, 0) is 41.8 Å². The predicted molar refractivity (Wildman–Crippen MR) is 133 cm³/mol. The summed E-state index contributed by atoms with van der Waals surface area (Å²) < 4.78 is 16.3. The molecule has 0 bridgehead atoms. The Morgan fingerprint density at radius 3 is 2.37 bits per heavy atom. The number of amides is 2. The van der Waals surface area contributed by atoms with Crippen molar-refractivity contribution in [3.8, 4) is 11.5 Å². The van der Waals surface area contributed by atoms with Gasteiger partial charge in [0, 0.05) is 0 Å². The van der Waals surface area contributed by atoms with E-state index in [1.165, 1.54) is 6.21 Å². The van der Waals surface area contributed by atoms with Crippen LogP contribution in [0.25, 0.3) is 0 Å². The Hall–Kier alpha value is -4.33. The molecule has 0 saturated carbocycles. The molecule has 0 fully saturated rings. The summed E-state index contributed by atoms with van der Waals surface area (Å²) >= 11 is 0. The summed E-state index contributed by atoms with van der Waals surface area (Å²) in [4.78, 5) is 24.4. The van der Waals surface area contributed by atoms with Gasteiger partial charge < -0.3 is 19.5 Å². The van der Waals surface area contributed by atoms with E-state index in [1.807, 2.05) is 66.7 Å². The number of hydrogen-bond donors (Lipinski definition) is 2. The van der Waals surface area contributed by atoms with Crippen LogP contribution in [0.1, 0.15) is 36.1 Å². The first-order valence-corrected chi connectivity index (χ1v) is 11.2. The number of carbonyl (C=O) groups is 2. The molecule has 35 heavy (non-hydrogen) atoms. The van der Waals surface area contributed by atoms with Crippen molar-refractivity contribution in [1.82, 2.24) is 10.7 Å². The maximum atomic E-state index is 12.5. The molecule has 0 unspecified atom stereocenters. The zero-order chi connectivity index (χ0) is 24.9. The van der Waals surface area contributed by atoms with E-state index in [2.05, 4.69) is 15.8 Å². The maximum absolute atomic E-state index is 12.5. The minimum Gasteiger partial charge on any atom is -0.493 e. The third-order valence-corrected chi connectivity index (χ3v) is 4.99. The van der Waals surface area contributed by atoms with Gasteiger partial charge in [-0.25, -0.2) is 10.2 Å². The average Bonchev–Trinajstić information content (AvgIpc) is 2.88. The van der Waals surface area contributed by atoms with E-state index < -0.39 is 12.1 Å². The van der Waals surface area contributed by atoms with E-state index in [9.17, 15) is 9.59 Å². The number of hydrazone groups is 1. The number of carbonyl (C=O) groups excluding carboxylic acids is 2. The highest BCUT2D eigenvalue weighted by atomic mass is 16.5. The van der Waals surface area contributed by atoms with E-state index in [1.54, 1.807) is 26.2 Å². The van der Waals surface area contributed by atoms with Crippen LogP contribution < -0.4 is 20.2 Å². The Bertz CT molecular complexity index is 1120. The topological polar surface area (TPSA) is 98.2 Å². The van der Waals surface area contributed by atoms with Crippen LogP contribution in [0.5, 0.6) is 11.5 Å². The Kier molecular flexibility index (Phi) is 9.68. The van der Waals surface area contributed by atoms with Gasteiger partial charge in [-0.3, -0.25) is 4.79 Å². The molecule has 8 nitrogen and oxygen atoms in total. The zero-order valence-corrected chi connectivity index (χ0v) is 19.8. The molecule has 0 aliphatic heterocycles. The lowest BCUT2D eigenvalue weighted by Gasteiger charge is -2.18. The van der Waals surface area contributed by atoms with Gasteiger partial charge in [0.1, 0.15) is 6.61 Å². The summed E-state index contributed by atoms with van der Waals surface area (Å²) in [5.74, 6) is 0.800. The summed E-state index contributed by atoms with van der Waals surface area (Å²) in [6.07, 6.45) is 0.923. The van der Waals surface area contributed by atoms with Gasteiger partial charge in [0.05, 0.1) is 32.4 Å². The Morgan fingerprint density at radius 1 is 0.971 bits per heavy atom. The normalized spacial score (nSPS) is 11.5. The monoisotopic (exact) mass is 475 g/mol. The standard InChI is InChI=1S/C27H29N3O5/c1-3-34-27(32)29-23(22-12-8-5-9-13-22)17-26(31)30-28-18-21-14-15-24(25(16-21)33-2)35-19-20-10-6-4-7-11-20/h4-16,18,23H,3,17,19H2,1-2H3,(H,29,32)(H,30,31)/b28-18-/t23-/m0/s1. The first-order chi connectivity index (χ1) is 17.1. The molecule has 2 N–H and O–H groups in total. The number of methoxy groups -OCH3 is 1. The van der Waals surface area contributed by atoms with Crippen LogP contribution in [0.15, 0.2) is 84.0 Å². The molecule has 0 saturated heterocycles. The molecule has 2 amide bonds. The third kappa shape index (κ3) is 8.19. The van der Waals surface area contributed by atoms with Gasteiger partial charge in [0.2, 0.25) is 5.91 Å². The number of rotatable bonds is 11. The highest BCUT2D eigenvalue weighted by molar-refractivity contribution is 5.83. The average molecular weight is 476 g/mol.